The molecule has 18 heavy (non-hydrogen) atoms. The second-order valence-corrected chi connectivity index (χ2v) is 4.06. The number of oxazole rings is 1. The highest BCUT2D eigenvalue weighted by Gasteiger charge is 2.12. The standard InChI is InChI=1S/C12H15N3O3/c1-7-5-11(16)15(12(13-7)17-4)6-10-14-8(2)9(3)18-10/h5H,6H2,1-4H3. The van der Waals surface area contributed by atoms with Crippen LogP contribution in [0.5, 0.6) is 6.01 Å². The molecule has 0 bridgehead atoms. The maximum Gasteiger partial charge on any atom is 0.299 e. The molecule has 0 N–H and O–H groups in total. The van der Waals surface area contributed by atoms with E-state index >= 15 is 0 Å². The van der Waals surface area contributed by atoms with Gasteiger partial charge in [-0.2, -0.15) is 0 Å². The monoisotopic (exact) mass is 249 g/mol. The summed E-state index contributed by atoms with van der Waals surface area (Å²) in [5.41, 5.74) is 1.25. The third-order valence-electron chi connectivity index (χ3n) is 2.65. The molecule has 0 unspecified atom stereocenters. The van der Waals surface area contributed by atoms with Gasteiger partial charge >= 0.3 is 0 Å². The Morgan fingerprint density at radius 3 is 2.61 bits per heavy atom. The van der Waals surface area contributed by atoms with Crippen molar-refractivity contribution in [1.82, 2.24) is 14.5 Å². The van der Waals surface area contributed by atoms with Gasteiger partial charge in [-0.15, -0.1) is 0 Å². The number of hydrogen-bond donors (Lipinski definition) is 0. The molecular weight excluding hydrogens is 234 g/mol. The number of aromatic nitrogens is 3. The third-order valence-corrected chi connectivity index (χ3v) is 2.65. The highest BCUT2D eigenvalue weighted by atomic mass is 16.5. The Hall–Kier alpha value is -2.11. The highest BCUT2D eigenvalue weighted by Crippen LogP contribution is 2.12. The van der Waals surface area contributed by atoms with Crippen molar-refractivity contribution in [3.05, 3.63) is 39.5 Å². The lowest BCUT2D eigenvalue weighted by Gasteiger charge is -2.08. The summed E-state index contributed by atoms with van der Waals surface area (Å²) in [5, 5.41) is 0. The fourth-order valence-electron chi connectivity index (χ4n) is 1.64. The van der Waals surface area contributed by atoms with Crippen LogP contribution >= 0.6 is 0 Å². The van der Waals surface area contributed by atoms with Gasteiger partial charge in [0.15, 0.2) is 0 Å². The summed E-state index contributed by atoms with van der Waals surface area (Å²) in [7, 11) is 1.48. The molecule has 6 nitrogen and oxygen atoms in total. The SMILES string of the molecule is COc1nc(C)cc(=O)n1Cc1nc(C)c(C)o1. The number of hydrogen-bond acceptors (Lipinski definition) is 5. The summed E-state index contributed by atoms with van der Waals surface area (Å²) < 4.78 is 11.9. The molecule has 0 aromatic carbocycles. The Morgan fingerprint density at radius 1 is 1.33 bits per heavy atom. The summed E-state index contributed by atoms with van der Waals surface area (Å²) in [5.74, 6) is 1.22. The first kappa shape index (κ1) is 12.3. The van der Waals surface area contributed by atoms with E-state index < -0.39 is 0 Å². The first-order chi connectivity index (χ1) is 8.51. The van der Waals surface area contributed by atoms with Crippen LogP contribution in [0.15, 0.2) is 15.3 Å². The first-order valence-electron chi connectivity index (χ1n) is 5.56. The largest absolute Gasteiger partial charge is 0.468 e. The fraction of sp³-hybridized carbons (Fsp3) is 0.417. The molecule has 2 rings (SSSR count). The minimum atomic E-state index is -0.187. The number of rotatable bonds is 3. The lowest BCUT2D eigenvalue weighted by atomic mass is 10.4. The van der Waals surface area contributed by atoms with Gasteiger partial charge < -0.3 is 9.15 Å². The normalized spacial score (nSPS) is 10.7. The van der Waals surface area contributed by atoms with E-state index in [9.17, 15) is 4.79 Å². The first-order valence-corrected chi connectivity index (χ1v) is 5.56. The number of aryl methyl sites for hydroxylation is 3. The van der Waals surface area contributed by atoms with Crippen molar-refractivity contribution < 1.29 is 9.15 Å². The molecule has 0 fully saturated rings. The van der Waals surface area contributed by atoms with Gasteiger partial charge in [0.05, 0.1) is 12.8 Å². The van der Waals surface area contributed by atoms with E-state index in [-0.39, 0.29) is 18.1 Å². The maximum absolute atomic E-state index is 11.9. The molecule has 0 aliphatic heterocycles. The molecule has 2 heterocycles. The number of ether oxygens (including phenoxy) is 1. The van der Waals surface area contributed by atoms with Crippen LogP contribution in [0.4, 0.5) is 0 Å². The molecule has 0 amide bonds. The third kappa shape index (κ3) is 2.27. The van der Waals surface area contributed by atoms with E-state index in [1.807, 2.05) is 13.8 Å². The zero-order valence-electron chi connectivity index (χ0n) is 10.9. The molecule has 0 saturated heterocycles. The van der Waals surface area contributed by atoms with Gasteiger partial charge in [-0.3, -0.25) is 9.36 Å². The smallest absolute Gasteiger partial charge is 0.299 e. The van der Waals surface area contributed by atoms with Crippen LogP contribution < -0.4 is 10.3 Å². The Morgan fingerprint density at radius 2 is 2.06 bits per heavy atom. The summed E-state index contributed by atoms with van der Waals surface area (Å²) >= 11 is 0. The van der Waals surface area contributed by atoms with Crippen LogP contribution in [0.25, 0.3) is 0 Å². The lowest BCUT2D eigenvalue weighted by Crippen LogP contribution is -2.23. The Bertz CT molecular complexity index is 608. The van der Waals surface area contributed by atoms with Gasteiger partial charge in [0.1, 0.15) is 12.3 Å². The fourth-order valence-corrected chi connectivity index (χ4v) is 1.64. The minimum absolute atomic E-state index is 0.187. The molecular formula is C12H15N3O3. The van der Waals surface area contributed by atoms with E-state index in [0.717, 1.165) is 11.5 Å². The zero-order valence-corrected chi connectivity index (χ0v) is 10.9. The average Bonchev–Trinajstić information content (AvgIpc) is 2.61. The van der Waals surface area contributed by atoms with Crippen LogP contribution in [0, 0.1) is 20.8 Å². The molecule has 0 saturated carbocycles. The summed E-state index contributed by atoms with van der Waals surface area (Å²) in [6, 6.07) is 1.71. The van der Waals surface area contributed by atoms with Crippen molar-refractivity contribution in [2.75, 3.05) is 7.11 Å². The Kier molecular flexibility index (Phi) is 3.18. The van der Waals surface area contributed by atoms with E-state index in [2.05, 4.69) is 9.97 Å². The second-order valence-electron chi connectivity index (χ2n) is 4.06. The molecule has 0 aliphatic rings. The molecule has 0 spiro atoms. The van der Waals surface area contributed by atoms with Gasteiger partial charge in [-0.1, -0.05) is 0 Å². The highest BCUT2D eigenvalue weighted by molar-refractivity contribution is 5.10. The van der Waals surface area contributed by atoms with Crippen molar-refractivity contribution in [3.63, 3.8) is 0 Å². The van der Waals surface area contributed by atoms with Gasteiger partial charge in [-0.05, 0) is 20.8 Å². The predicted molar refractivity (Wildman–Crippen MR) is 64.9 cm³/mol. The van der Waals surface area contributed by atoms with Gasteiger partial charge in [0.25, 0.3) is 11.6 Å². The van der Waals surface area contributed by atoms with Gasteiger partial charge in [0, 0.05) is 11.8 Å². The zero-order chi connectivity index (χ0) is 13.3. The second kappa shape index (κ2) is 4.64. The number of nitrogens with zero attached hydrogens (tertiary/aromatic N) is 3. The lowest BCUT2D eigenvalue weighted by molar-refractivity contribution is 0.339. The van der Waals surface area contributed by atoms with E-state index in [1.54, 1.807) is 6.92 Å². The van der Waals surface area contributed by atoms with Crippen molar-refractivity contribution >= 4 is 0 Å². The van der Waals surface area contributed by atoms with E-state index in [0.29, 0.717) is 11.6 Å². The van der Waals surface area contributed by atoms with Crippen molar-refractivity contribution in [3.8, 4) is 6.01 Å². The molecule has 6 heteroatoms. The summed E-state index contributed by atoms with van der Waals surface area (Å²) in [4.78, 5) is 20.3. The quantitative estimate of drug-likeness (QED) is 0.817. The van der Waals surface area contributed by atoms with Crippen LogP contribution in [-0.4, -0.2) is 21.6 Å². The Labute approximate surface area is 104 Å². The van der Waals surface area contributed by atoms with Crippen LogP contribution in [0.3, 0.4) is 0 Å². The average molecular weight is 249 g/mol. The molecule has 96 valence electrons. The molecule has 0 radical (unpaired) electrons. The van der Waals surface area contributed by atoms with E-state index in [1.165, 1.54) is 17.7 Å². The van der Waals surface area contributed by atoms with E-state index in [4.69, 9.17) is 9.15 Å². The molecule has 2 aromatic rings. The minimum Gasteiger partial charge on any atom is -0.468 e. The summed E-state index contributed by atoms with van der Waals surface area (Å²) in [6.45, 7) is 5.65. The van der Waals surface area contributed by atoms with Crippen LogP contribution in [0.2, 0.25) is 0 Å². The van der Waals surface area contributed by atoms with Crippen molar-refractivity contribution in [1.29, 1.82) is 0 Å². The van der Waals surface area contributed by atoms with Crippen molar-refractivity contribution in [2.45, 2.75) is 27.3 Å². The van der Waals surface area contributed by atoms with Crippen molar-refractivity contribution in [2.24, 2.45) is 0 Å². The predicted octanol–water partition coefficient (Wildman–Crippen LogP) is 1.21. The molecule has 0 atom stereocenters. The molecule has 2 aromatic heterocycles. The van der Waals surface area contributed by atoms with Gasteiger partial charge in [-0.25, -0.2) is 9.97 Å². The van der Waals surface area contributed by atoms with Gasteiger partial charge in [0.2, 0.25) is 5.89 Å². The van der Waals surface area contributed by atoms with Crippen LogP contribution in [0.1, 0.15) is 23.0 Å². The topological polar surface area (TPSA) is 70.2 Å². The van der Waals surface area contributed by atoms with Crippen LogP contribution in [-0.2, 0) is 6.54 Å². The summed E-state index contributed by atoms with van der Waals surface area (Å²) in [6.07, 6.45) is 0. The number of methoxy groups -OCH3 is 1. The molecule has 0 aliphatic carbocycles. The Balaban J connectivity index is 2.42. The maximum atomic E-state index is 11.9.